The van der Waals surface area contributed by atoms with Crippen molar-refractivity contribution in [2.24, 2.45) is 0 Å². The molecule has 7 heteroatoms. The fourth-order valence-corrected chi connectivity index (χ4v) is 2.00. The first kappa shape index (κ1) is 17.4. The minimum atomic E-state index is -1.15. The highest BCUT2D eigenvalue weighted by Gasteiger charge is 2.39. The SMILES string of the molecule is CC(C)(O)C(C)(C)OB(O)c1ccc(C2CNCCO2)nc1. The average Bonchev–Trinajstić information content (AvgIpc) is 2.47. The first-order chi connectivity index (χ1) is 10.2. The van der Waals surface area contributed by atoms with Crippen LogP contribution < -0.4 is 10.8 Å². The van der Waals surface area contributed by atoms with Gasteiger partial charge in [0.25, 0.3) is 0 Å². The third-order valence-electron chi connectivity index (χ3n) is 4.23. The molecule has 0 saturated carbocycles. The lowest BCUT2D eigenvalue weighted by Gasteiger charge is -2.38. The normalized spacial score (nSPS) is 20.0. The second kappa shape index (κ2) is 6.64. The van der Waals surface area contributed by atoms with E-state index in [-0.39, 0.29) is 6.10 Å². The lowest BCUT2D eigenvalue weighted by atomic mass is 9.77. The summed E-state index contributed by atoms with van der Waals surface area (Å²) in [5, 5.41) is 23.5. The smallest absolute Gasteiger partial charge is 0.423 e. The van der Waals surface area contributed by atoms with E-state index in [1.807, 2.05) is 6.07 Å². The molecule has 22 heavy (non-hydrogen) atoms. The van der Waals surface area contributed by atoms with Crippen LogP contribution in [0.2, 0.25) is 0 Å². The first-order valence-electron chi connectivity index (χ1n) is 7.57. The Bertz CT molecular complexity index is 481. The number of hydrogen-bond donors (Lipinski definition) is 3. The van der Waals surface area contributed by atoms with Crippen LogP contribution in [0.4, 0.5) is 0 Å². The van der Waals surface area contributed by atoms with Gasteiger partial charge in [-0.05, 0) is 33.8 Å². The highest BCUT2D eigenvalue weighted by atomic mass is 16.5. The predicted molar refractivity (Wildman–Crippen MR) is 84.9 cm³/mol. The maximum atomic E-state index is 10.2. The van der Waals surface area contributed by atoms with Crippen molar-refractivity contribution < 1.29 is 19.5 Å². The molecule has 122 valence electrons. The molecule has 1 atom stereocenters. The van der Waals surface area contributed by atoms with Crippen LogP contribution in [0, 0.1) is 0 Å². The van der Waals surface area contributed by atoms with E-state index < -0.39 is 18.3 Å². The monoisotopic (exact) mass is 308 g/mol. The molecule has 1 aliphatic rings. The van der Waals surface area contributed by atoms with E-state index in [0.717, 1.165) is 18.8 Å². The number of hydrogen-bond acceptors (Lipinski definition) is 6. The summed E-state index contributed by atoms with van der Waals surface area (Å²) in [6.45, 7) is 9.02. The number of aliphatic hydroxyl groups is 1. The standard InChI is InChI=1S/C15H25BN2O4/c1-14(2,19)15(3,4)22-16(20)11-5-6-12(18-9-11)13-10-17-7-8-21-13/h5-6,9,13,17,19-20H,7-8,10H2,1-4H3. The van der Waals surface area contributed by atoms with Gasteiger partial charge in [0, 0.05) is 24.7 Å². The number of nitrogens with zero attached hydrogens (tertiary/aromatic N) is 1. The fourth-order valence-electron chi connectivity index (χ4n) is 2.00. The Morgan fingerprint density at radius 2 is 2.09 bits per heavy atom. The lowest BCUT2D eigenvalue weighted by molar-refractivity contribution is -0.0982. The number of ether oxygens (including phenoxy) is 1. The Hall–Kier alpha value is -0.985. The number of aromatic nitrogens is 1. The zero-order valence-corrected chi connectivity index (χ0v) is 13.7. The molecule has 1 aromatic rings. The topological polar surface area (TPSA) is 83.8 Å². The Morgan fingerprint density at radius 3 is 2.59 bits per heavy atom. The van der Waals surface area contributed by atoms with Gasteiger partial charge in [-0.15, -0.1) is 0 Å². The van der Waals surface area contributed by atoms with Crippen molar-refractivity contribution in [1.82, 2.24) is 10.3 Å². The van der Waals surface area contributed by atoms with Crippen LogP contribution in [0.1, 0.15) is 39.5 Å². The van der Waals surface area contributed by atoms with Gasteiger partial charge < -0.3 is 24.8 Å². The number of nitrogens with one attached hydrogen (secondary N) is 1. The Labute approximate surface area is 132 Å². The molecule has 1 saturated heterocycles. The average molecular weight is 308 g/mol. The minimum Gasteiger partial charge on any atom is -0.423 e. The molecule has 0 spiro atoms. The lowest BCUT2D eigenvalue weighted by Crippen LogP contribution is -2.53. The number of rotatable bonds is 5. The summed E-state index contributed by atoms with van der Waals surface area (Å²) in [6.07, 6.45) is 1.52. The number of pyridine rings is 1. The molecule has 0 bridgehead atoms. The van der Waals surface area contributed by atoms with Gasteiger partial charge in [0.2, 0.25) is 0 Å². The Balaban J connectivity index is 2.03. The Morgan fingerprint density at radius 1 is 1.36 bits per heavy atom. The summed E-state index contributed by atoms with van der Waals surface area (Å²) >= 11 is 0. The molecular weight excluding hydrogens is 283 g/mol. The first-order valence-corrected chi connectivity index (χ1v) is 7.57. The van der Waals surface area contributed by atoms with Gasteiger partial charge in [-0.25, -0.2) is 0 Å². The van der Waals surface area contributed by atoms with Gasteiger partial charge >= 0.3 is 7.12 Å². The molecule has 0 aromatic carbocycles. The fraction of sp³-hybridized carbons (Fsp3) is 0.667. The molecule has 2 heterocycles. The maximum absolute atomic E-state index is 10.2. The molecule has 0 radical (unpaired) electrons. The molecule has 6 nitrogen and oxygen atoms in total. The summed E-state index contributed by atoms with van der Waals surface area (Å²) in [7, 11) is -1.15. The largest absolute Gasteiger partial charge is 0.493 e. The van der Waals surface area contributed by atoms with Gasteiger partial charge in [-0.3, -0.25) is 4.98 Å². The van der Waals surface area contributed by atoms with Gasteiger partial charge in [0.15, 0.2) is 0 Å². The zero-order chi connectivity index (χ0) is 16.4. The van der Waals surface area contributed by atoms with E-state index in [1.54, 1.807) is 40.0 Å². The van der Waals surface area contributed by atoms with E-state index in [2.05, 4.69) is 10.3 Å². The highest BCUT2D eigenvalue weighted by molar-refractivity contribution is 6.60. The molecule has 2 rings (SSSR count). The van der Waals surface area contributed by atoms with Gasteiger partial charge in [-0.1, -0.05) is 6.07 Å². The van der Waals surface area contributed by atoms with Crippen LogP contribution in [0.5, 0.6) is 0 Å². The van der Waals surface area contributed by atoms with Gasteiger partial charge in [0.05, 0.1) is 23.5 Å². The molecular formula is C15H25BN2O4. The molecule has 3 N–H and O–H groups in total. The van der Waals surface area contributed by atoms with E-state index >= 15 is 0 Å². The van der Waals surface area contributed by atoms with Crippen LogP contribution >= 0.6 is 0 Å². The third kappa shape index (κ3) is 4.05. The van der Waals surface area contributed by atoms with Crippen molar-refractivity contribution in [2.45, 2.75) is 45.0 Å². The van der Waals surface area contributed by atoms with Crippen molar-refractivity contribution in [1.29, 1.82) is 0 Å². The minimum absolute atomic E-state index is 0.0614. The molecule has 1 fully saturated rings. The Kier molecular flexibility index (Phi) is 5.24. The second-order valence-electron chi connectivity index (χ2n) is 6.62. The van der Waals surface area contributed by atoms with E-state index in [0.29, 0.717) is 12.1 Å². The van der Waals surface area contributed by atoms with Crippen molar-refractivity contribution in [3.63, 3.8) is 0 Å². The van der Waals surface area contributed by atoms with Crippen molar-refractivity contribution in [2.75, 3.05) is 19.7 Å². The zero-order valence-electron chi connectivity index (χ0n) is 13.7. The van der Waals surface area contributed by atoms with Crippen LogP contribution in [0.25, 0.3) is 0 Å². The molecule has 1 unspecified atom stereocenters. The van der Waals surface area contributed by atoms with E-state index in [9.17, 15) is 10.1 Å². The molecule has 0 amide bonds. The van der Waals surface area contributed by atoms with Crippen LogP contribution in [-0.4, -0.2) is 53.1 Å². The summed E-state index contributed by atoms with van der Waals surface area (Å²) in [5.74, 6) is 0. The number of morpholine rings is 1. The summed E-state index contributed by atoms with van der Waals surface area (Å²) in [4.78, 5) is 4.35. The molecule has 1 aliphatic heterocycles. The van der Waals surface area contributed by atoms with Gasteiger partial charge in [-0.2, -0.15) is 0 Å². The van der Waals surface area contributed by atoms with E-state index in [4.69, 9.17) is 9.39 Å². The van der Waals surface area contributed by atoms with Crippen LogP contribution in [0.3, 0.4) is 0 Å². The van der Waals surface area contributed by atoms with Crippen molar-refractivity contribution in [3.05, 3.63) is 24.0 Å². The van der Waals surface area contributed by atoms with E-state index in [1.165, 1.54) is 0 Å². The van der Waals surface area contributed by atoms with Crippen LogP contribution in [-0.2, 0) is 9.39 Å². The highest BCUT2D eigenvalue weighted by Crippen LogP contribution is 2.25. The quantitative estimate of drug-likeness (QED) is 0.664. The van der Waals surface area contributed by atoms with Crippen molar-refractivity contribution >= 4 is 12.6 Å². The molecule has 1 aromatic heterocycles. The predicted octanol–water partition coefficient (Wildman–Crippen LogP) is -0.00390. The molecule has 0 aliphatic carbocycles. The third-order valence-corrected chi connectivity index (χ3v) is 4.23. The summed E-state index contributed by atoms with van der Waals surface area (Å²) in [5.41, 5.74) is -0.612. The van der Waals surface area contributed by atoms with Gasteiger partial charge in [0.1, 0.15) is 6.10 Å². The summed E-state index contributed by atoms with van der Waals surface area (Å²) < 4.78 is 11.2. The second-order valence-corrected chi connectivity index (χ2v) is 6.62. The van der Waals surface area contributed by atoms with Crippen LogP contribution in [0.15, 0.2) is 18.3 Å². The summed E-state index contributed by atoms with van der Waals surface area (Å²) in [6, 6.07) is 3.60. The maximum Gasteiger partial charge on any atom is 0.493 e. The van der Waals surface area contributed by atoms with Crippen molar-refractivity contribution in [3.8, 4) is 0 Å².